The van der Waals surface area contributed by atoms with Gasteiger partial charge in [0.2, 0.25) is 0 Å². The van der Waals surface area contributed by atoms with Crippen LogP contribution in [0, 0.1) is 0 Å². The van der Waals surface area contributed by atoms with Gasteiger partial charge in [-0.25, -0.2) is 4.68 Å². The van der Waals surface area contributed by atoms with Crippen LogP contribution >= 0.6 is 0 Å². The summed E-state index contributed by atoms with van der Waals surface area (Å²) in [4.78, 5) is 4.28. The molecule has 2 heterocycles. The van der Waals surface area contributed by atoms with Crippen molar-refractivity contribution in [2.75, 3.05) is 0 Å². The third-order valence-electron chi connectivity index (χ3n) is 2.58. The van der Waals surface area contributed by atoms with E-state index in [1.165, 1.54) is 0 Å². The topological polar surface area (TPSA) is 63.8 Å². The van der Waals surface area contributed by atoms with E-state index in [2.05, 4.69) is 15.3 Å². The van der Waals surface area contributed by atoms with Gasteiger partial charge in [0, 0.05) is 11.6 Å². The fraction of sp³-hybridized carbons (Fsp3) is 0.0833. The van der Waals surface area contributed by atoms with Crippen molar-refractivity contribution in [2.24, 2.45) is 0 Å². The lowest BCUT2D eigenvalue weighted by Crippen LogP contribution is -1.96. The first-order valence-electron chi connectivity index (χ1n) is 5.25. The lowest BCUT2D eigenvalue weighted by molar-refractivity contribution is 0.276. The van der Waals surface area contributed by atoms with Crippen LogP contribution in [0.1, 0.15) is 5.69 Å². The molecule has 2 aromatic heterocycles. The number of aromatic nitrogens is 4. The maximum atomic E-state index is 8.98. The third-order valence-corrected chi connectivity index (χ3v) is 2.58. The molecule has 0 unspecified atom stereocenters. The summed E-state index contributed by atoms with van der Waals surface area (Å²) in [5.74, 6) is 0. The molecule has 0 aliphatic carbocycles. The minimum Gasteiger partial charge on any atom is -0.390 e. The van der Waals surface area contributed by atoms with Gasteiger partial charge in [0.05, 0.1) is 24.0 Å². The number of para-hydroxylation sites is 1. The molecule has 0 aliphatic rings. The molecule has 17 heavy (non-hydrogen) atoms. The van der Waals surface area contributed by atoms with Crippen LogP contribution < -0.4 is 0 Å². The van der Waals surface area contributed by atoms with E-state index in [9.17, 15) is 0 Å². The van der Waals surface area contributed by atoms with Crippen molar-refractivity contribution in [1.29, 1.82) is 0 Å². The van der Waals surface area contributed by atoms with Crippen molar-refractivity contribution in [3.63, 3.8) is 0 Å². The van der Waals surface area contributed by atoms with E-state index >= 15 is 0 Å². The van der Waals surface area contributed by atoms with E-state index in [1.54, 1.807) is 17.1 Å². The first kappa shape index (κ1) is 9.92. The minimum atomic E-state index is -0.108. The van der Waals surface area contributed by atoms with Crippen LogP contribution in [0.3, 0.4) is 0 Å². The molecule has 1 N–H and O–H groups in total. The molecular formula is C12H10N4O. The van der Waals surface area contributed by atoms with Gasteiger partial charge < -0.3 is 5.11 Å². The Morgan fingerprint density at radius 1 is 1.18 bits per heavy atom. The van der Waals surface area contributed by atoms with Crippen molar-refractivity contribution in [3.05, 3.63) is 48.4 Å². The number of rotatable bonds is 2. The fourth-order valence-electron chi connectivity index (χ4n) is 1.77. The molecule has 0 bridgehead atoms. The third kappa shape index (κ3) is 1.66. The standard InChI is InChI=1S/C12H10N4O/c17-8-9-7-16(15-14-9)12-5-6-13-11-4-2-1-3-10(11)12/h1-7,17H,8H2. The molecule has 84 valence electrons. The van der Waals surface area contributed by atoms with Gasteiger partial charge in [-0.2, -0.15) is 0 Å². The Labute approximate surface area is 97.3 Å². The monoisotopic (exact) mass is 226 g/mol. The predicted molar refractivity (Wildman–Crippen MR) is 62.6 cm³/mol. The molecular weight excluding hydrogens is 216 g/mol. The number of hydrogen-bond donors (Lipinski definition) is 1. The molecule has 0 spiro atoms. The lowest BCUT2D eigenvalue weighted by Gasteiger charge is -2.04. The van der Waals surface area contributed by atoms with Crippen molar-refractivity contribution in [1.82, 2.24) is 20.0 Å². The summed E-state index contributed by atoms with van der Waals surface area (Å²) in [5.41, 5.74) is 2.36. The van der Waals surface area contributed by atoms with Crippen molar-refractivity contribution in [2.45, 2.75) is 6.61 Å². The summed E-state index contributed by atoms with van der Waals surface area (Å²) in [5, 5.41) is 17.8. The Hall–Kier alpha value is -2.27. The van der Waals surface area contributed by atoms with Crippen LogP contribution in [-0.2, 0) is 6.61 Å². The number of pyridine rings is 1. The molecule has 5 nitrogen and oxygen atoms in total. The molecule has 0 atom stereocenters. The second-order valence-electron chi connectivity index (χ2n) is 3.66. The maximum absolute atomic E-state index is 8.98. The lowest BCUT2D eigenvalue weighted by atomic mass is 10.2. The van der Waals surface area contributed by atoms with E-state index < -0.39 is 0 Å². The van der Waals surface area contributed by atoms with E-state index in [4.69, 9.17) is 5.11 Å². The van der Waals surface area contributed by atoms with Gasteiger partial charge >= 0.3 is 0 Å². The summed E-state index contributed by atoms with van der Waals surface area (Å²) in [6.07, 6.45) is 3.44. The highest BCUT2D eigenvalue weighted by Gasteiger charge is 2.05. The maximum Gasteiger partial charge on any atom is 0.109 e. The number of aliphatic hydroxyl groups excluding tert-OH is 1. The molecule has 5 heteroatoms. The highest BCUT2D eigenvalue weighted by Crippen LogP contribution is 2.19. The van der Waals surface area contributed by atoms with Crippen LogP contribution in [0.25, 0.3) is 16.6 Å². The normalized spacial score (nSPS) is 10.9. The number of aliphatic hydroxyl groups is 1. The molecule has 0 amide bonds. The Morgan fingerprint density at radius 2 is 2.06 bits per heavy atom. The summed E-state index contributed by atoms with van der Waals surface area (Å²) in [6.45, 7) is -0.108. The van der Waals surface area contributed by atoms with Crippen LogP contribution in [0.15, 0.2) is 42.7 Å². The van der Waals surface area contributed by atoms with Gasteiger partial charge in [0.15, 0.2) is 0 Å². The minimum absolute atomic E-state index is 0.108. The zero-order chi connectivity index (χ0) is 11.7. The van der Waals surface area contributed by atoms with Crippen molar-refractivity contribution >= 4 is 10.9 Å². The number of hydrogen-bond acceptors (Lipinski definition) is 4. The van der Waals surface area contributed by atoms with Gasteiger partial charge in [-0.3, -0.25) is 4.98 Å². The highest BCUT2D eigenvalue weighted by atomic mass is 16.3. The van der Waals surface area contributed by atoms with Gasteiger partial charge in [-0.15, -0.1) is 5.10 Å². The van der Waals surface area contributed by atoms with Crippen LogP contribution in [-0.4, -0.2) is 25.1 Å². The largest absolute Gasteiger partial charge is 0.390 e. The van der Waals surface area contributed by atoms with Crippen LogP contribution in [0.4, 0.5) is 0 Å². The second kappa shape index (κ2) is 3.95. The Kier molecular flexibility index (Phi) is 2.31. The predicted octanol–water partition coefficient (Wildman–Crippen LogP) is 1.31. The first-order valence-corrected chi connectivity index (χ1v) is 5.25. The Balaban J connectivity index is 2.23. The zero-order valence-corrected chi connectivity index (χ0v) is 8.98. The molecule has 0 radical (unpaired) electrons. The quantitative estimate of drug-likeness (QED) is 0.715. The average molecular weight is 226 g/mol. The van der Waals surface area contributed by atoms with Crippen molar-refractivity contribution in [3.8, 4) is 5.69 Å². The summed E-state index contributed by atoms with van der Waals surface area (Å²) >= 11 is 0. The number of benzene rings is 1. The fourth-order valence-corrected chi connectivity index (χ4v) is 1.77. The first-order chi connectivity index (χ1) is 8.38. The van der Waals surface area contributed by atoms with Gasteiger partial charge in [0.25, 0.3) is 0 Å². The number of nitrogens with zero attached hydrogens (tertiary/aromatic N) is 4. The summed E-state index contributed by atoms with van der Waals surface area (Å²) in [6, 6.07) is 9.70. The van der Waals surface area contributed by atoms with Crippen LogP contribution in [0.5, 0.6) is 0 Å². The molecule has 0 saturated carbocycles. The molecule has 3 rings (SSSR count). The molecule has 3 aromatic rings. The zero-order valence-electron chi connectivity index (χ0n) is 8.98. The molecule has 1 aromatic carbocycles. The van der Waals surface area contributed by atoms with Gasteiger partial charge in [-0.05, 0) is 12.1 Å². The SMILES string of the molecule is OCc1cn(-c2ccnc3ccccc23)nn1. The van der Waals surface area contributed by atoms with E-state index in [1.807, 2.05) is 30.3 Å². The molecule has 0 aliphatic heterocycles. The number of fused-ring (bicyclic) bond motifs is 1. The molecule has 0 fully saturated rings. The highest BCUT2D eigenvalue weighted by molar-refractivity contribution is 5.86. The van der Waals surface area contributed by atoms with E-state index in [-0.39, 0.29) is 6.61 Å². The Bertz CT molecular complexity index is 657. The van der Waals surface area contributed by atoms with Gasteiger partial charge in [0.1, 0.15) is 5.69 Å². The van der Waals surface area contributed by atoms with E-state index in [0.717, 1.165) is 16.6 Å². The van der Waals surface area contributed by atoms with Crippen LogP contribution in [0.2, 0.25) is 0 Å². The molecule has 0 saturated heterocycles. The second-order valence-corrected chi connectivity index (χ2v) is 3.66. The average Bonchev–Trinajstić information content (AvgIpc) is 2.87. The summed E-state index contributed by atoms with van der Waals surface area (Å²) < 4.78 is 1.65. The van der Waals surface area contributed by atoms with E-state index in [0.29, 0.717) is 5.69 Å². The van der Waals surface area contributed by atoms with Gasteiger partial charge in [-0.1, -0.05) is 23.4 Å². The Morgan fingerprint density at radius 3 is 2.88 bits per heavy atom. The summed E-state index contributed by atoms with van der Waals surface area (Å²) in [7, 11) is 0. The smallest absolute Gasteiger partial charge is 0.109 e. The van der Waals surface area contributed by atoms with Crippen molar-refractivity contribution < 1.29 is 5.11 Å².